The number of likely N-dealkylation sites (N-methyl/N-ethyl adjacent to an activating group) is 1. The molecule has 0 heterocycles. The summed E-state index contributed by atoms with van der Waals surface area (Å²) in [5.41, 5.74) is 7.28. The minimum atomic E-state index is 0.0726. The van der Waals surface area contributed by atoms with Gasteiger partial charge in [0, 0.05) is 26.3 Å². The number of methoxy groups -OCH3 is 1. The standard InChI is InChI=1S/C24H34N2O2/c1-7-8-9-22-16-23(13-11-20(22)4)24(27)18-26(5)25-17-21(14-15-28-6)12-10-19(2)3/h7-14,16,19,25H,1,15,17-18H2,2-6H3/b9-8-,12-10-,21-14+. The molecule has 152 valence electrons. The number of nitrogens with zero attached hydrogens (tertiary/aromatic N) is 1. The van der Waals surface area contributed by atoms with Gasteiger partial charge in [-0.15, -0.1) is 0 Å². The maximum atomic E-state index is 12.6. The van der Waals surface area contributed by atoms with Gasteiger partial charge in [-0.25, -0.2) is 5.01 Å². The normalized spacial score (nSPS) is 12.6. The van der Waals surface area contributed by atoms with E-state index in [1.807, 2.05) is 55.4 Å². The topological polar surface area (TPSA) is 41.6 Å². The van der Waals surface area contributed by atoms with E-state index in [4.69, 9.17) is 4.74 Å². The number of benzene rings is 1. The van der Waals surface area contributed by atoms with Crippen LogP contribution in [-0.4, -0.2) is 44.6 Å². The Hall–Kier alpha value is -2.27. The van der Waals surface area contributed by atoms with Crippen LogP contribution in [0.2, 0.25) is 0 Å². The van der Waals surface area contributed by atoms with Crippen molar-refractivity contribution in [1.29, 1.82) is 0 Å². The number of ketones is 1. The van der Waals surface area contributed by atoms with Crippen LogP contribution >= 0.6 is 0 Å². The van der Waals surface area contributed by atoms with Crippen LogP contribution < -0.4 is 5.43 Å². The largest absolute Gasteiger partial charge is 0.381 e. The highest BCUT2D eigenvalue weighted by Gasteiger charge is 2.10. The molecule has 0 aliphatic carbocycles. The molecule has 0 atom stereocenters. The van der Waals surface area contributed by atoms with Crippen LogP contribution in [0.15, 0.2) is 60.7 Å². The van der Waals surface area contributed by atoms with Crippen LogP contribution in [0.25, 0.3) is 6.08 Å². The van der Waals surface area contributed by atoms with E-state index in [0.717, 1.165) is 16.7 Å². The number of allylic oxidation sites excluding steroid dienone is 3. The second-order valence-corrected chi connectivity index (χ2v) is 7.12. The Labute approximate surface area is 170 Å². The molecule has 0 fully saturated rings. The molecule has 0 aliphatic rings. The van der Waals surface area contributed by atoms with E-state index in [-0.39, 0.29) is 5.78 Å². The van der Waals surface area contributed by atoms with E-state index in [0.29, 0.717) is 31.2 Å². The van der Waals surface area contributed by atoms with Crippen molar-refractivity contribution in [2.75, 3.05) is 33.9 Å². The molecule has 1 aromatic rings. The number of Topliss-reactive ketones (excluding diaryl/α,β-unsaturated/α-hetero) is 1. The van der Waals surface area contributed by atoms with Gasteiger partial charge >= 0.3 is 0 Å². The summed E-state index contributed by atoms with van der Waals surface area (Å²) in [6, 6.07) is 5.79. The molecule has 1 rings (SSSR count). The van der Waals surface area contributed by atoms with Crippen LogP contribution in [0.3, 0.4) is 0 Å². The first kappa shape index (κ1) is 23.8. The fourth-order valence-corrected chi connectivity index (χ4v) is 2.46. The minimum absolute atomic E-state index is 0.0726. The average Bonchev–Trinajstić information content (AvgIpc) is 2.66. The van der Waals surface area contributed by atoms with Crippen molar-refractivity contribution in [2.24, 2.45) is 5.92 Å². The number of hydrogen-bond donors (Lipinski definition) is 1. The molecule has 0 saturated heterocycles. The number of hydrogen-bond acceptors (Lipinski definition) is 4. The number of rotatable bonds is 12. The quantitative estimate of drug-likeness (QED) is 0.326. The molecule has 0 saturated carbocycles. The molecule has 0 aliphatic heterocycles. The Morgan fingerprint density at radius 2 is 2.11 bits per heavy atom. The second kappa shape index (κ2) is 13.0. The third-order valence-corrected chi connectivity index (χ3v) is 4.15. The van der Waals surface area contributed by atoms with Gasteiger partial charge in [0.1, 0.15) is 0 Å². The van der Waals surface area contributed by atoms with E-state index in [1.165, 1.54) is 0 Å². The maximum Gasteiger partial charge on any atom is 0.178 e. The third kappa shape index (κ3) is 9.09. The summed E-state index contributed by atoms with van der Waals surface area (Å²) in [6.45, 7) is 11.5. The van der Waals surface area contributed by atoms with Crippen LogP contribution in [0, 0.1) is 12.8 Å². The number of hydrazine groups is 1. The average molecular weight is 383 g/mol. The van der Waals surface area contributed by atoms with E-state index in [1.54, 1.807) is 13.2 Å². The summed E-state index contributed by atoms with van der Waals surface area (Å²) < 4.78 is 5.14. The van der Waals surface area contributed by atoms with Gasteiger partial charge in [0.25, 0.3) is 0 Å². The first-order valence-corrected chi connectivity index (χ1v) is 9.61. The Balaban J connectivity index is 2.71. The zero-order valence-electron chi connectivity index (χ0n) is 17.9. The van der Waals surface area contributed by atoms with Gasteiger partial charge < -0.3 is 4.74 Å². The van der Waals surface area contributed by atoms with E-state index in [2.05, 4.69) is 38.0 Å². The highest BCUT2D eigenvalue weighted by molar-refractivity contribution is 5.98. The van der Waals surface area contributed by atoms with Gasteiger partial charge in [-0.3, -0.25) is 10.2 Å². The van der Waals surface area contributed by atoms with Crippen molar-refractivity contribution in [3.05, 3.63) is 77.4 Å². The molecule has 4 heteroatoms. The Morgan fingerprint density at radius 1 is 1.36 bits per heavy atom. The highest BCUT2D eigenvalue weighted by Crippen LogP contribution is 2.14. The highest BCUT2D eigenvalue weighted by atomic mass is 16.5. The first-order chi connectivity index (χ1) is 13.4. The SMILES string of the molecule is C=C/C=C\c1cc(C(=O)CN(C)NCC(/C=C\C(C)C)=C/COC)ccc1C. The Kier molecular flexibility index (Phi) is 11.0. The fourth-order valence-electron chi connectivity index (χ4n) is 2.46. The van der Waals surface area contributed by atoms with Crippen LogP contribution in [-0.2, 0) is 4.74 Å². The van der Waals surface area contributed by atoms with Crippen LogP contribution in [0.5, 0.6) is 0 Å². The predicted molar refractivity (Wildman–Crippen MR) is 119 cm³/mol. The van der Waals surface area contributed by atoms with Crippen molar-refractivity contribution < 1.29 is 9.53 Å². The molecular weight excluding hydrogens is 348 g/mol. The van der Waals surface area contributed by atoms with Crippen LogP contribution in [0.1, 0.15) is 35.3 Å². The number of carbonyl (C=O) groups excluding carboxylic acids is 1. The molecule has 0 amide bonds. The summed E-state index contributed by atoms with van der Waals surface area (Å²) in [7, 11) is 3.56. The summed E-state index contributed by atoms with van der Waals surface area (Å²) in [5, 5.41) is 1.82. The van der Waals surface area contributed by atoms with Gasteiger partial charge in [-0.05, 0) is 35.6 Å². The Bertz CT molecular complexity index is 730. The second-order valence-electron chi connectivity index (χ2n) is 7.12. The maximum absolute atomic E-state index is 12.6. The molecule has 0 unspecified atom stereocenters. The molecule has 0 radical (unpaired) electrons. The van der Waals surface area contributed by atoms with Crippen molar-refractivity contribution in [2.45, 2.75) is 20.8 Å². The number of carbonyl (C=O) groups is 1. The smallest absolute Gasteiger partial charge is 0.178 e. The van der Waals surface area contributed by atoms with E-state index < -0.39 is 0 Å². The van der Waals surface area contributed by atoms with Crippen molar-refractivity contribution in [1.82, 2.24) is 10.4 Å². The zero-order valence-corrected chi connectivity index (χ0v) is 17.9. The van der Waals surface area contributed by atoms with Gasteiger partial charge in [0.15, 0.2) is 5.78 Å². The molecule has 1 N–H and O–H groups in total. The number of aryl methyl sites for hydroxylation is 1. The molecule has 0 bridgehead atoms. The van der Waals surface area contributed by atoms with E-state index >= 15 is 0 Å². The van der Waals surface area contributed by atoms with Gasteiger partial charge in [-0.1, -0.05) is 69.0 Å². The number of ether oxygens (including phenoxy) is 1. The lowest BCUT2D eigenvalue weighted by molar-refractivity contribution is 0.0917. The lowest BCUT2D eigenvalue weighted by Crippen LogP contribution is -2.39. The summed E-state index contributed by atoms with van der Waals surface area (Å²) in [6.07, 6.45) is 11.9. The molecule has 4 nitrogen and oxygen atoms in total. The molecule has 1 aromatic carbocycles. The third-order valence-electron chi connectivity index (χ3n) is 4.15. The van der Waals surface area contributed by atoms with Gasteiger partial charge in [0.2, 0.25) is 0 Å². The monoisotopic (exact) mass is 382 g/mol. The van der Waals surface area contributed by atoms with Gasteiger partial charge in [-0.2, -0.15) is 0 Å². The van der Waals surface area contributed by atoms with Crippen LogP contribution in [0.4, 0.5) is 0 Å². The lowest BCUT2D eigenvalue weighted by atomic mass is 10.0. The Morgan fingerprint density at radius 3 is 2.75 bits per heavy atom. The van der Waals surface area contributed by atoms with Crippen molar-refractivity contribution >= 4 is 11.9 Å². The van der Waals surface area contributed by atoms with Crippen molar-refractivity contribution in [3.8, 4) is 0 Å². The molecule has 28 heavy (non-hydrogen) atoms. The molecular formula is C24H34N2O2. The van der Waals surface area contributed by atoms with E-state index in [9.17, 15) is 4.79 Å². The van der Waals surface area contributed by atoms with Gasteiger partial charge in [0.05, 0.1) is 13.2 Å². The summed E-state index contributed by atoms with van der Waals surface area (Å²) in [4.78, 5) is 12.6. The summed E-state index contributed by atoms with van der Waals surface area (Å²) >= 11 is 0. The predicted octanol–water partition coefficient (Wildman–Crippen LogP) is 4.60. The summed E-state index contributed by atoms with van der Waals surface area (Å²) in [5.74, 6) is 0.555. The fraction of sp³-hybridized carbons (Fsp3) is 0.375. The number of nitrogens with one attached hydrogen (secondary N) is 1. The molecule has 0 aromatic heterocycles. The minimum Gasteiger partial charge on any atom is -0.381 e. The lowest BCUT2D eigenvalue weighted by Gasteiger charge is -2.18. The molecule has 0 spiro atoms. The zero-order chi connectivity index (χ0) is 20.9. The first-order valence-electron chi connectivity index (χ1n) is 9.61. The van der Waals surface area contributed by atoms with Crippen molar-refractivity contribution in [3.63, 3.8) is 0 Å².